The number of ether oxygens (including phenoxy) is 2. The molecule has 7 heteroatoms. The number of benzene rings is 1. The van der Waals surface area contributed by atoms with Gasteiger partial charge in [0, 0.05) is 25.1 Å². The van der Waals surface area contributed by atoms with Gasteiger partial charge in [0.2, 0.25) is 0 Å². The molecule has 5 rings (SSSR count). The van der Waals surface area contributed by atoms with Gasteiger partial charge in [0.15, 0.2) is 11.5 Å². The quantitative estimate of drug-likeness (QED) is 0.703. The minimum absolute atomic E-state index is 0.00192. The van der Waals surface area contributed by atoms with E-state index in [2.05, 4.69) is 9.97 Å². The van der Waals surface area contributed by atoms with Crippen LogP contribution < -0.4 is 9.47 Å². The van der Waals surface area contributed by atoms with Crippen molar-refractivity contribution in [2.24, 2.45) is 0 Å². The van der Waals surface area contributed by atoms with E-state index in [1.54, 1.807) is 18.7 Å². The highest BCUT2D eigenvalue weighted by molar-refractivity contribution is 5.94. The van der Waals surface area contributed by atoms with Crippen molar-refractivity contribution < 1.29 is 14.3 Å². The predicted molar refractivity (Wildman–Crippen MR) is 102 cm³/mol. The van der Waals surface area contributed by atoms with Crippen LogP contribution in [0, 0.1) is 0 Å². The molecule has 7 nitrogen and oxygen atoms in total. The van der Waals surface area contributed by atoms with Crippen LogP contribution in [0.3, 0.4) is 0 Å². The van der Waals surface area contributed by atoms with E-state index in [9.17, 15) is 4.79 Å². The largest absolute Gasteiger partial charge is 0.486 e. The molecule has 0 aliphatic carbocycles. The molecule has 0 N–H and O–H groups in total. The van der Waals surface area contributed by atoms with Gasteiger partial charge in [0.05, 0.1) is 11.6 Å². The van der Waals surface area contributed by atoms with Crippen molar-refractivity contribution >= 4 is 5.91 Å². The van der Waals surface area contributed by atoms with Crippen LogP contribution in [0.15, 0.2) is 55.2 Å². The fourth-order valence-electron chi connectivity index (χ4n) is 3.85. The second-order valence-corrected chi connectivity index (χ2v) is 6.93. The van der Waals surface area contributed by atoms with E-state index in [0.29, 0.717) is 18.8 Å². The maximum atomic E-state index is 13.1. The Bertz CT molecular complexity index is 985. The van der Waals surface area contributed by atoms with E-state index >= 15 is 0 Å². The monoisotopic (exact) mass is 376 g/mol. The van der Waals surface area contributed by atoms with E-state index in [-0.39, 0.29) is 11.9 Å². The second kappa shape index (κ2) is 6.99. The number of pyridine rings is 1. The lowest BCUT2D eigenvalue weighted by atomic mass is 10.0. The van der Waals surface area contributed by atoms with Crippen molar-refractivity contribution in [2.45, 2.75) is 18.9 Å². The lowest BCUT2D eigenvalue weighted by Gasteiger charge is -2.26. The minimum atomic E-state index is 0.00192. The first-order valence-electron chi connectivity index (χ1n) is 9.44. The van der Waals surface area contributed by atoms with Crippen LogP contribution in [0.2, 0.25) is 0 Å². The van der Waals surface area contributed by atoms with Crippen LogP contribution in [-0.4, -0.2) is 45.1 Å². The Morgan fingerprint density at radius 2 is 2.00 bits per heavy atom. The van der Waals surface area contributed by atoms with Crippen molar-refractivity contribution in [3.05, 3.63) is 66.4 Å². The van der Waals surface area contributed by atoms with Gasteiger partial charge in [0.1, 0.15) is 25.4 Å². The van der Waals surface area contributed by atoms with Gasteiger partial charge in [-0.3, -0.25) is 9.36 Å². The topological polar surface area (TPSA) is 69.5 Å². The van der Waals surface area contributed by atoms with Gasteiger partial charge in [-0.2, -0.15) is 0 Å². The number of aromatic nitrogens is 3. The summed E-state index contributed by atoms with van der Waals surface area (Å²) in [6, 6.07) is 9.67. The first-order valence-corrected chi connectivity index (χ1v) is 9.44. The maximum Gasteiger partial charge on any atom is 0.255 e. The highest BCUT2D eigenvalue weighted by Crippen LogP contribution is 2.38. The maximum absolute atomic E-state index is 13.1. The minimum Gasteiger partial charge on any atom is -0.486 e. The Balaban J connectivity index is 1.38. The van der Waals surface area contributed by atoms with Crippen molar-refractivity contribution in [3.63, 3.8) is 0 Å². The molecule has 0 spiro atoms. The lowest BCUT2D eigenvalue weighted by Crippen LogP contribution is -2.30. The number of nitrogens with zero attached hydrogens (tertiary/aromatic N) is 4. The van der Waals surface area contributed by atoms with Crippen LogP contribution in [0.4, 0.5) is 0 Å². The Morgan fingerprint density at radius 3 is 2.79 bits per heavy atom. The fourth-order valence-corrected chi connectivity index (χ4v) is 3.85. The molecule has 2 aromatic heterocycles. The third kappa shape index (κ3) is 2.98. The lowest BCUT2D eigenvalue weighted by molar-refractivity contribution is 0.0734. The first-order chi connectivity index (χ1) is 13.8. The molecule has 1 fully saturated rings. The summed E-state index contributed by atoms with van der Waals surface area (Å²) < 4.78 is 13.1. The average molecular weight is 376 g/mol. The molecule has 1 atom stereocenters. The van der Waals surface area contributed by atoms with Gasteiger partial charge < -0.3 is 14.4 Å². The highest BCUT2D eigenvalue weighted by Gasteiger charge is 2.31. The smallest absolute Gasteiger partial charge is 0.255 e. The molecule has 1 aromatic carbocycles. The zero-order valence-electron chi connectivity index (χ0n) is 15.3. The van der Waals surface area contributed by atoms with Crippen LogP contribution in [-0.2, 0) is 0 Å². The summed E-state index contributed by atoms with van der Waals surface area (Å²) in [4.78, 5) is 23.5. The van der Waals surface area contributed by atoms with Gasteiger partial charge in [-0.05, 0) is 42.7 Å². The summed E-state index contributed by atoms with van der Waals surface area (Å²) >= 11 is 0. The molecule has 1 amide bonds. The molecule has 3 aromatic rings. The van der Waals surface area contributed by atoms with E-state index in [1.165, 1.54) is 0 Å². The predicted octanol–water partition coefficient (Wildman–Crippen LogP) is 3.02. The van der Waals surface area contributed by atoms with Crippen molar-refractivity contribution in [3.8, 4) is 17.3 Å². The molecular weight excluding hydrogens is 356 g/mol. The SMILES string of the molecule is O=C(c1ccc(-n2ccnc2)nc1)N1CCCC1c1ccc2c(c1)OCCO2. The molecule has 142 valence electrons. The molecule has 0 saturated carbocycles. The van der Waals surface area contributed by atoms with Crippen LogP contribution >= 0.6 is 0 Å². The highest BCUT2D eigenvalue weighted by atomic mass is 16.6. The summed E-state index contributed by atoms with van der Waals surface area (Å²) in [7, 11) is 0. The van der Waals surface area contributed by atoms with Crippen LogP contribution in [0.5, 0.6) is 11.5 Å². The zero-order valence-corrected chi connectivity index (χ0v) is 15.3. The summed E-state index contributed by atoms with van der Waals surface area (Å²) in [5.74, 6) is 2.26. The van der Waals surface area contributed by atoms with Crippen molar-refractivity contribution in [1.29, 1.82) is 0 Å². The van der Waals surface area contributed by atoms with E-state index in [1.807, 2.05) is 46.0 Å². The molecule has 2 aliphatic rings. The van der Waals surface area contributed by atoms with Gasteiger partial charge in [-0.25, -0.2) is 9.97 Å². The number of carbonyl (C=O) groups excluding carboxylic acids is 1. The van der Waals surface area contributed by atoms with Crippen LogP contribution in [0.1, 0.15) is 34.8 Å². The average Bonchev–Trinajstić information content (AvgIpc) is 3.45. The summed E-state index contributed by atoms with van der Waals surface area (Å²) in [6.45, 7) is 1.86. The van der Waals surface area contributed by atoms with Gasteiger partial charge in [0.25, 0.3) is 5.91 Å². The number of amides is 1. The Labute approximate surface area is 162 Å². The van der Waals surface area contributed by atoms with Gasteiger partial charge in [-0.1, -0.05) is 6.07 Å². The summed E-state index contributed by atoms with van der Waals surface area (Å²) in [5, 5.41) is 0. The molecular formula is C21H20N4O3. The summed E-state index contributed by atoms with van der Waals surface area (Å²) in [5.41, 5.74) is 1.67. The van der Waals surface area contributed by atoms with Crippen LogP contribution in [0.25, 0.3) is 5.82 Å². The Kier molecular flexibility index (Phi) is 4.20. The molecule has 0 bridgehead atoms. The molecule has 2 aliphatic heterocycles. The Morgan fingerprint density at radius 1 is 1.11 bits per heavy atom. The molecule has 0 radical (unpaired) electrons. The number of rotatable bonds is 3. The number of hydrogen-bond donors (Lipinski definition) is 0. The fraction of sp³-hybridized carbons (Fsp3) is 0.286. The number of hydrogen-bond acceptors (Lipinski definition) is 5. The molecule has 4 heterocycles. The number of imidazole rings is 1. The van der Waals surface area contributed by atoms with Gasteiger partial charge >= 0.3 is 0 Å². The van der Waals surface area contributed by atoms with Crippen molar-refractivity contribution in [2.75, 3.05) is 19.8 Å². The number of fused-ring (bicyclic) bond motifs is 1. The van der Waals surface area contributed by atoms with E-state index in [4.69, 9.17) is 9.47 Å². The Hall–Kier alpha value is -3.35. The van der Waals surface area contributed by atoms with E-state index in [0.717, 1.165) is 42.3 Å². The molecule has 1 saturated heterocycles. The molecule has 28 heavy (non-hydrogen) atoms. The summed E-state index contributed by atoms with van der Waals surface area (Å²) in [6.07, 6.45) is 8.75. The standard InChI is InChI=1S/C21H20N4O3/c26-21(16-4-6-20(23-13-16)24-9-7-22-14-24)25-8-1-2-17(25)15-3-5-18-19(12-15)28-11-10-27-18/h3-7,9,12-14,17H,1-2,8,10-11H2. The third-order valence-corrected chi connectivity index (χ3v) is 5.23. The molecule has 1 unspecified atom stereocenters. The third-order valence-electron chi connectivity index (χ3n) is 5.23. The first kappa shape index (κ1) is 16.8. The zero-order chi connectivity index (χ0) is 18.9. The second-order valence-electron chi connectivity index (χ2n) is 6.93. The number of carbonyl (C=O) groups is 1. The van der Waals surface area contributed by atoms with Gasteiger partial charge in [-0.15, -0.1) is 0 Å². The van der Waals surface area contributed by atoms with E-state index < -0.39 is 0 Å². The van der Waals surface area contributed by atoms with Crippen molar-refractivity contribution in [1.82, 2.24) is 19.4 Å². The normalized spacial score (nSPS) is 18.3. The number of likely N-dealkylation sites (tertiary alicyclic amines) is 1.